The Morgan fingerprint density at radius 1 is 1.34 bits per heavy atom. The summed E-state index contributed by atoms with van der Waals surface area (Å²) in [6.07, 6.45) is 0.322. The molecule has 29 heavy (non-hydrogen) atoms. The highest BCUT2D eigenvalue weighted by molar-refractivity contribution is 5.94. The highest BCUT2D eigenvalue weighted by atomic mass is 16.3. The van der Waals surface area contributed by atoms with Gasteiger partial charge in [0.05, 0.1) is 18.6 Å². The summed E-state index contributed by atoms with van der Waals surface area (Å²) in [5, 5.41) is 19.4. The van der Waals surface area contributed by atoms with Crippen LogP contribution < -0.4 is 16.0 Å². The van der Waals surface area contributed by atoms with Crippen LogP contribution in [0.3, 0.4) is 0 Å². The number of piperidine rings is 1. The third-order valence-corrected chi connectivity index (χ3v) is 4.89. The fourth-order valence-corrected chi connectivity index (χ4v) is 3.37. The second kappa shape index (κ2) is 9.82. The van der Waals surface area contributed by atoms with E-state index in [1.54, 1.807) is 6.07 Å². The van der Waals surface area contributed by atoms with Crippen molar-refractivity contribution in [3.8, 4) is 0 Å². The zero-order valence-corrected chi connectivity index (χ0v) is 16.1. The van der Waals surface area contributed by atoms with E-state index in [0.29, 0.717) is 12.2 Å². The Morgan fingerprint density at radius 3 is 2.69 bits per heavy atom. The number of fused-ring (bicyclic) bond motifs is 1. The lowest BCUT2D eigenvalue weighted by Crippen LogP contribution is -2.52. The molecule has 11 nitrogen and oxygen atoms in total. The van der Waals surface area contributed by atoms with Crippen molar-refractivity contribution < 1.29 is 29.4 Å². The number of nitrogens with one attached hydrogen (secondary N) is 1. The van der Waals surface area contributed by atoms with Gasteiger partial charge in [-0.3, -0.25) is 19.2 Å². The molecule has 3 amide bonds. The molecule has 158 valence electrons. The number of hydrogen-bond acceptors (Lipinski definition) is 7. The van der Waals surface area contributed by atoms with Crippen molar-refractivity contribution in [3.05, 3.63) is 23.4 Å². The number of rotatable bonds is 4. The summed E-state index contributed by atoms with van der Waals surface area (Å²) in [5.74, 6) is -1.42. The largest absolute Gasteiger partial charge is 0.483 e. The maximum absolute atomic E-state index is 12.8. The van der Waals surface area contributed by atoms with E-state index in [2.05, 4.69) is 10.3 Å². The average Bonchev–Trinajstić information content (AvgIpc) is 3.07. The van der Waals surface area contributed by atoms with Crippen LogP contribution in [0, 0.1) is 5.92 Å². The summed E-state index contributed by atoms with van der Waals surface area (Å²) in [4.78, 5) is 52.1. The monoisotopic (exact) mass is 407 g/mol. The number of carboxylic acid groups (broad SMARTS) is 1. The van der Waals surface area contributed by atoms with Crippen molar-refractivity contribution in [1.29, 1.82) is 0 Å². The lowest BCUT2D eigenvalue weighted by atomic mass is 9.93. The number of carbonyl (C=O) groups is 4. The molecule has 3 rings (SSSR count). The van der Waals surface area contributed by atoms with E-state index in [0.717, 1.165) is 24.3 Å². The first-order chi connectivity index (χ1) is 13.8. The number of likely N-dealkylation sites (N-methyl/N-ethyl adjacent to an activating group) is 1. The summed E-state index contributed by atoms with van der Waals surface area (Å²) < 4.78 is 0. The Bertz CT molecular complexity index is 786. The first-order valence-corrected chi connectivity index (χ1v) is 9.10. The van der Waals surface area contributed by atoms with Crippen molar-refractivity contribution >= 4 is 30.0 Å². The van der Waals surface area contributed by atoms with Gasteiger partial charge in [-0.05, 0) is 24.5 Å². The number of likely N-dealkylation sites (tertiary alicyclic amines) is 1. The van der Waals surface area contributed by atoms with Crippen LogP contribution in [0.4, 0.5) is 5.82 Å². The van der Waals surface area contributed by atoms with Gasteiger partial charge in [0.1, 0.15) is 11.5 Å². The van der Waals surface area contributed by atoms with Crippen LogP contribution in [0.15, 0.2) is 12.1 Å². The molecule has 0 aliphatic carbocycles. The van der Waals surface area contributed by atoms with E-state index in [1.807, 2.05) is 18.0 Å². The molecule has 2 atom stereocenters. The van der Waals surface area contributed by atoms with Crippen molar-refractivity contribution in [2.75, 3.05) is 38.1 Å². The highest BCUT2D eigenvalue weighted by Crippen LogP contribution is 2.25. The molecular weight excluding hydrogens is 382 g/mol. The number of pyridine rings is 1. The average molecular weight is 407 g/mol. The second-order valence-electron chi connectivity index (χ2n) is 6.85. The van der Waals surface area contributed by atoms with Crippen molar-refractivity contribution in [1.82, 2.24) is 15.2 Å². The van der Waals surface area contributed by atoms with E-state index in [-0.39, 0.29) is 31.9 Å². The molecule has 1 fully saturated rings. The number of carbonyl (C=O) groups excluding carboxylic acids is 3. The zero-order chi connectivity index (χ0) is 21.6. The summed E-state index contributed by atoms with van der Waals surface area (Å²) in [5.41, 5.74) is 6.46. The maximum atomic E-state index is 12.8. The van der Waals surface area contributed by atoms with Gasteiger partial charge in [0.25, 0.3) is 12.4 Å². The molecule has 2 aliphatic heterocycles. The molecule has 0 saturated carbocycles. The predicted molar refractivity (Wildman–Crippen MR) is 102 cm³/mol. The molecule has 1 saturated heterocycles. The van der Waals surface area contributed by atoms with Crippen LogP contribution >= 0.6 is 0 Å². The van der Waals surface area contributed by atoms with E-state index in [1.165, 1.54) is 4.90 Å². The molecule has 0 radical (unpaired) electrons. The van der Waals surface area contributed by atoms with Gasteiger partial charge in [0.2, 0.25) is 11.8 Å². The second-order valence-corrected chi connectivity index (χ2v) is 6.85. The molecule has 3 heterocycles. The minimum absolute atomic E-state index is 0.0687. The number of nitrogens with zero attached hydrogens (tertiary/aromatic N) is 3. The molecule has 2 aliphatic rings. The molecular formula is C18H25N5O6. The lowest BCUT2D eigenvalue weighted by molar-refractivity contribution is -0.132. The maximum Gasteiger partial charge on any atom is 0.290 e. The van der Waals surface area contributed by atoms with Crippen molar-refractivity contribution in [2.24, 2.45) is 11.7 Å². The van der Waals surface area contributed by atoms with E-state index in [9.17, 15) is 19.5 Å². The molecule has 0 unspecified atom stereocenters. The Labute approximate surface area is 167 Å². The van der Waals surface area contributed by atoms with Gasteiger partial charge in [-0.25, -0.2) is 4.98 Å². The van der Waals surface area contributed by atoms with Crippen LogP contribution in [0.5, 0.6) is 0 Å². The first kappa shape index (κ1) is 22.1. The molecule has 0 bridgehead atoms. The third kappa shape index (κ3) is 5.41. The van der Waals surface area contributed by atoms with Gasteiger partial charge < -0.3 is 31.1 Å². The van der Waals surface area contributed by atoms with Gasteiger partial charge in [-0.2, -0.15) is 0 Å². The van der Waals surface area contributed by atoms with E-state index in [4.69, 9.17) is 15.6 Å². The molecule has 5 N–H and O–H groups in total. The topological polar surface area (TPSA) is 166 Å². The van der Waals surface area contributed by atoms with Crippen molar-refractivity contribution in [2.45, 2.75) is 18.9 Å². The first-order valence-electron chi connectivity index (χ1n) is 9.10. The fourth-order valence-electron chi connectivity index (χ4n) is 3.37. The normalized spacial score (nSPS) is 20.2. The Hall–Kier alpha value is -3.21. The minimum atomic E-state index is -0.869. The molecule has 0 spiro atoms. The van der Waals surface area contributed by atoms with Gasteiger partial charge in [0.15, 0.2) is 0 Å². The molecule has 0 aromatic carbocycles. The number of aromatic nitrogens is 1. The number of aliphatic hydroxyl groups is 1. The standard InChI is InChI=1S/C17H23N5O4.CH2O2/c1-21-6-4-10-2-3-12(20-15(10)21)17(26)22-7-5-13(23)11(9-22)16(25)19-8-14(18)24;2-1-3/h2-3,11,13,23H,4-9H2,1H3,(H2,18,24)(H,19,25);1H,(H,2,3)/t11-,13+;/m0./s1. The van der Waals surface area contributed by atoms with Gasteiger partial charge in [0, 0.05) is 26.7 Å². The van der Waals surface area contributed by atoms with Crippen LogP contribution in [-0.4, -0.2) is 83.6 Å². The minimum Gasteiger partial charge on any atom is -0.483 e. The number of anilines is 1. The number of primary amides is 1. The van der Waals surface area contributed by atoms with Crippen LogP contribution in [0.2, 0.25) is 0 Å². The van der Waals surface area contributed by atoms with Gasteiger partial charge >= 0.3 is 0 Å². The SMILES string of the molecule is CN1CCc2ccc(C(=O)N3CC[C@@H](O)[C@@H](C(=O)NCC(N)=O)C3)nc21.O=CO. The highest BCUT2D eigenvalue weighted by Gasteiger charge is 2.36. The number of aliphatic hydroxyl groups excluding tert-OH is 1. The lowest BCUT2D eigenvalue weighted by Gasteiger charge is -2.35. The van der Waals surface area contributed by atoms with E-state index < -0.39 is 23.8 Å². The summed E-state index contributed by atoms with van der Waals surface area (Å²) in [6, 6.07) is 3.61. The Morgan fingerprint density at radius 2 is 2.03 bits per heavy atom. The quantitative estimate of drug-likeness (QED) is 0.424. The van der Waals surface area contributed by atoms with Crippen molar-refractivity contribution in [3.63, 3.8) is 0 Å². The predicted octanol–water partition coefficient (Wildman–Crippen LogP) is -1.80. The van der Waals surface area contributed by atoms with E-state index >= 15 is 0 Å². The number of amides is 3. The van der Waals surface area contributed by atoms with Crippen LogP contribution in [0.25, 0.3) is 0 Å². The Kier molecular flexibility index (Phi) is 7.48. The summed E-state index contributed by atoms with van der Waals surface area (Å²) in [7, 11) is 1.93. The van der Waals surface area contributed by atoms with Gasteiger partial charge in [-0.1, -0.05) is 6.07 Å². The third-order valence-electron chi connectivity index (χ3n) is 4.89. The van der Waals surface area contributed by atoms with Crippen LogP contribution in [-0.2, 0) is 20.8 Å². The number of hydrogen-bond donors (Lipinski definition) is 4. The zero-order valence-electron chi connectivity index (χ0n) is 16.1. The van der Waals surface area contributed by atoms with Gasteiger partial charge in [-0.15, -0.1) is 0 Å². The fraction of sp³-hybridized carbons (Fsp3) is 0.500. The smallest absolute Gasteiger partial charge is 0.290 e. The number of nitrogens with two attached hydrogens (primary N) is 1. The Balaban J connectivity index is 0.000000941. The van der Waals surface area contributed by atoms with Crippen LogP contribution in [0.1, 0.15) is 22.5 Å². The molecule has 1 aromatic rings. The summed E-state index contributed by atoms with van der Waals surface area (Å²) >= 11 is 0. The summed E-state index contributed by atoms with van der Waals surface area (Å²) in [6.45, 7) is 0.736. The molecule has 11 heteroatoms. The molecule has 1 aromatic heterocycles.